The van der Waals surface area contributed by atoms with Crippen LogP contribution in [0.1, 0.15) is 75.5 Å². The van der Waals surface area contributed by atoms with Gasteiger partial charge in [0.15, 0.2) is 0 Å². The second-order valence-electron chi connectivity index (χ2n) is 9.57. The predicted octanol–water partition coefficient (Wildman–Crippen LogP) is 6.54. The lowest BCUT2D eigenvalue weighted by Crippen LogP contribution is -2.26. The number of carboxylic acid groups (broad SMARTS) is 1. The first-order chi connectivity index (χ1) is 13.8. The van der Waals surface area contributed by atoms with Crippen molar-refractivity contribution in [2.75, 3.05) is 0 Å². The third-order valence-electron chi connectivity index (χ3n) is 7.66. The van der Waals surface area contributed by atoms with E-state index in [-0.39, 0.29) is 5.92 Å². The third-order valence-corrected chi connectivity index (χ3v) is 7.66. The molecular weight excluding hydrogens is 358 g/mol. The number of hydrogen-bond donors (Lipinski definition) is 1. The molecule has 1 N–H and O–H groups in total. The van der Waals surface area contributed by atoms with Crippen molar-refractivity contribution in [3.05, 3.63) is 46.7 Å². The number of hydrogen-bond acceptors (Lipinski definition) is 2. The zero-order chi connectivity index (χ0) is 21.1. The van der Waals surface area contributed by atoms with E-state index in [1.807, 2.05) is 6.92 Å². The van der Waals surface area contributed by atoms with Gasteiger partial charge in [-0.3, -0.25) is 9.79 Å². The van der Waals surface area contributed by atoms with Gasteiger partial charge in [-0.25, -0.2) is 0 Å². The molecule has 0 radical (unpaired) electrons. The number of carboxylic acids is 1. The molecule has 1 fully saturated rings. The third kappa shape index (κ3) is 4.99. The number of allylic oxidation sites excluding steroid dienone is 2. The number of aryl methyl sites for hydroxylation is 1. The molecule has 158 valence electrons. The minimum absolute atomic E-state index is 0.223. The molecule has 3 heteroatoms. The lowest BCUT2D eigenvalue weighted by Gasteiger charge is -2.34. The summed E-state index contributed by atoms with van der Waals surface area (Å²) in [4.78, 5) is 16.3. The number of nitrogens with zero attached hydrogens (tertiary/aromatic N) is 1. The largest absolute Gasteiger partial charge is 0.481 e. The second-order valence-corrected chi connectivity index (χ2v) is 9.57. The summed E-state index contributed by atoms with van der Waals surface area (Å²) in [5.74, 6) is 1.44. The Kier molecular flexibility index (Phi) is 6.97. The topological polar surface area (TPSA) is 49.7 Å². The average molecular weight is 396 g/mol. The molecule has 0 aromatic heterocycles. The van der Waals surface area contributed by atoms with Gasteiger partial charge >= 0.3 is 5.97 Å². The van der Waals surface area contributed by atoms with Crippen LogP contribution in [0.15, 0.2) is 35.0 Å². The quantitative estimate of drug-likeness (QED) is 0.594. The summed E-state index contributed by atoms with van der Waals surface area (Å²) in [6.07, 6.45) is 9.96. The highest BCUT2D eigenvalue weighted by molar-refractivity contribution is 5.69. The van der Waals surface area contributed by atoms with Gasteiger partial charge in [-0.15, -0.1) is 0 Å². The van der Waals surface area contributed by atoms with E-state index in [0.717, 1.165) is 32.1 Å². The van der Waals surface area contributed by atoms with Crippen molar-refractivity contribution in [1.82, 2.24) is 0 Å². The Morgan fingerprint density at radius 2 is 1.83 bits per heavy atom. The highest BCUT2D eigenvalue weighted by Gasteiger charge is 2.32. The summed E-state index contributed by atoms with van der Waals surface area (Å²) in [5, 5.41) is 9.34. The molecule has 0 spiro atoms. The fourth-order valence-electron chi connectivity index (χ4n) is 5.03. The zero-order valence-electron chi connectivity index (χ0n) is 18.7. The molecule has 29 heavy (non-hydrogen) atoms. The molecule has 1 aromatic rings. The maximum Gasteiger partial charge on any atom is 0.306 e. The first-order valence-corrected chi connectivity index (χ1v) is 11.3. The van der Waals surface area contributed by atoms with E-state index < -0.39 is 5.97 Å². The average Bonchev–Trinajstić information content (AvgIpc) is 2.70. The van der Waals surface area contributed by atoms with E-state index in [2.05, 4.69) is 58.2 Å². The summed E-state index contributed by atoms with van der Waals surface area (Å²) >= 11 is 0. The van der Waals surface area contributed by atoms with Crippen LogP contribution >= 0.6 is 0 Å². The summed E-state index contributed by atoms with van der Waals surface area (Å²) in [7, 11) is 0. The number of rotatable bonds is 6. The predicted molar refractivity (Wildman–Crippen MR) is 120 cm³/mol. The van der Waals surface area contributed by atoms with Gasteiger partial charge in [-0.2, -0.15) is 0 Å². The van der Waals surface area contributed by atoms with Crippen molar-refractivity contribution in [2.45, 2.75) is 72.6 Å². The first kappa shape index (κ1) is 21.8. The summed E-state index contributed by atoms with van der Waals surface area (Å²) in [6.45, 7) is 10.8. The molecule has 1 aromatic carbocycles. The van der Waals surface area contributed by atoms with Crippen LogP contribution in [0.25, 0.3) is 0 Å². The molecule has 1 saturated carbocycles. The van der Waals surface area contributed by atoms with Crippen molar-refractivity contribution in [3.63, 3.8) is 0 Å². The molecule has 0 saturated heterocycles. The number of aliphatic imine (C=N–C) groups is 1. The molecule has 0 amide bonds. The lowest BCUT2D eigenvalue weighted by molar-refractivity contribution is -0.143. The van der Waals surface area contributed by atoms with E-state index in [1.165, 1.54) is 22.4 Å². The van der Waals surface area contributed by atoms with Crippen LogP contribution in [0.5, 0.6) is 0 Å². The molecule has 4 atom stereocenters. The van der Waals surface area contributed by atoms with Gasteiger partial charge < -0.3 is 5.11 Å². The Bertz CT molecular complexity index is 786. The van der Waals surface area contributed by atoms with E-state index in [4.69, 9.17) is 4.99 Å². The normalized spacial score (nSPS) is 29.2. The number of aliphatic carboxylic acids is 1. The Hall–Kier alpha value is -1.90. The standard InChI is InChI=1S/C26H37NO2/c1-16-7-6-8-23(19(16)4)24(25-13-17(2)18(3)15-27-25)14-21-9-11-22(12-10-21)20(5)26(28)29/h6-8,13,15,17-18,20-22,24H,9-12,14H2,1-5H3,(H,28,29). The summed E-state index contributed by atoms with van der Waals surface area (Å²) < 4.78 is 0. The lowest BCUT2D eigenvalue weighted by atomic mass is 9.72. The van der Waals surface area contributed by atoms with Crippen molar-refractivity contribution < 1.29 is 9.90 Å². The van der Waals surface area contributed by atoms with Crippen LogP contribution in [-0.4, -0.2) is 17.3 Å². The van der Waals surface area contributed by atoms with Gasteiger partial charge in [0.25, 0.3) is 0 Å². The molecule has 0 bridgehead atoms. The van der Waals surface area contributed by atoms with Crippen LogP contribution in [0.4, 0.5) is 0 Å². The molecule has 3 rings (SSSR count). The Balaban J connectivity index is 1.80. The van der Waals surface area contributed by atoms with Crippen LogP contribution in [0, 0.1) is 43.4 Å². The summed E-state index contributed by atoms with van der Waals surface area (Å²) in [6, 6.07) is 6.65. The van der Waals surface area contributed by atoms with Crippen LogP contribution < -0.4 is 0 Å². The van der Waals surface area contributed by atoms with Crippen molar-refractivity contribution in [3.8, 4) is 0 Å². The highest BCUT2D eigenvalue weighted by atomic mass is 16.4. The Morgan fingerprint density at radius 1 is 1.14 bits per heavy atom. The van der Waals surface area contributed by atoms with Crippen molar-refractivity contribution in [2.24, 2.45) is 34.6 Å². The van der Waals surface area contributed by atoms with Crippen LogP contribution in [0.2, 0.25) is 0 Å². The molecule has 2 aliphatic rings. The van der Waals surface area contributed by atoms with Crippen LogP contribution in [0.3, 0.4) is 0 Å². The smallest absolute Gasteiger partial charge is 0.306 e. The van der Waals surface area contributed by atoms with E-state index in [9.17, 15) is 9.90 Å². The fourth-order valence-corrected chi connectivity index (χ4v) is 5.03. The molecular formula is C26H37NO2. The molecule has 1 aliphatic heterocycles. The SMILES string of the molecule is Cc1cccc(C(CC2CCC(C(C)C(=O)O)CC2)C2=CC(C)C(C)C=N2)c1C. The number of benzene rings is 1. The van der Waals surface area contributed by atoms with Gasteiger partial charge in [0.2, 0.25) is 0 Å². The fraction of sp³-hybridized carbons (Fsp3) is 0.615. The van der Waals surface area contributed by atoms with Gasteiger partial charge in [-0.1, -0.05) is 57.9 Å². The van der Waals surface area contributed by atoms with Gasteiger partial charge in [0.1, 0.15) is 0 Å². The van der Waals surface area contributed by atoms with Crippen molar-refractivity contribution in [1.29, 1.82) is 0 Å². The van der Waals surface area contributed by atoms with E-state index >= 15 is 0 Å². The zero-order valence-corrected chi connectivity index (χ0v) is 18.7. The molecule has 3 nitrogen and oxygen atoms in total. The van der Waals surface area contributed by atoms with E-state index in [0.29, 0.717) is 29.6 Å². The van der Waals surface area contributed by atoms with Gasteiger partial charge in [0, 0.05) is 17.8 Å². The van der Waals surface area contributed by atoms with E-state index in [1.54, 1.807) is 0 Å². The molecule has 1 aliphatic carbocycles. The Morgan fingerprint density at radius 3 is 2.45 bits per heavy atom. The maximum atomic E-state index is 11.4. The molecule has 4 unspecified atom stereocenters. The minimum atomic E-state index is -0.647. The van der Waals surface area contributed by atoms with Gasteiger partial charge in [-0.05, 0) is 73.5 Å². The summed E-state index contributed by atoms with van der Waals surface area (Å²) in [5.41, 5.74) is 5.36. The second kappa shape index (κ2) is 9.28. The first-order valence-electron chi connectivity index (χ1n) is 11.3. The van der Waals surface area contributed by atoms with Crippen molar-refractivity contribution >= 4 is 12.2 Å². The number of carbonyl (C=O) groups is 1. The Labute approximate surface area is 176 Å². The molecule has 1 heterocycles. The monoisotopic (exact) mass is 395 g/mol. The maximum absolute atomic E-state index is 11.4. The minimum Gasteiger partial charge on any atom is -0.481 e. The van der Waals surface area contributed by atoms with Crippen LogP contribution in [-0.2, 0) is 4.79 Å². The highest BCUT2D eigenvalue weighted by Crippen LogP contribution is 2.42. The van der Waals surface area contributed by atoms with Gasteiger partial charge in [0.05, 0.1) is 5.92 Å².